The van der Waals surface area contributed by atoms with Crippen LogP contribution in [-0.4, -0.2) is 64.8 Å². The molecule has 8 nitrogen and oxygen atoms in total. The van der Waals surface area contributed by atoms with Gasteiger partial charge in [0.05, 0.1) is 4.90 Å². The second-order valence-corrected chi connectivity index (χ2v) is 8.86. The Morgan fingerprint density at radius 1 is 1.10 bits per heavy atom. The van der Waals surface area contributed by atoms with Crippen molar-refractivity contribution < 1.29 is 17.2 Å². The Kier molecular flexibility index (Phi) is 5.17. The van der Waals surface area contributed by atoms with Crippen molar-refractivity contribution in [2.24, 2.45) is 0 Å². The van der Waals surface area contributed by atoms with Gasteiger partial charge in [0.15, 0.2) is 0 Å². The number of hydrogen-bond donors (Lipinski definition) is 0. The van der Waals surface area contributed by atoms with E-state index in [1.54, 1.807) is 16.6 Å². The molecule has 4 rings (SSSR count). The third-order valence-electron chi connectivity index (χ3n) is 4.95. The van der Waals surface area contributed by atoms with Gasteiger partial charge in [-0.2, -0.15) is 23.4 Å². The Balaban J connectivity index is 1.41. The highest BCUT2D eigenvalue weighted by Gasteiger charge is 2.26. The molecule has 0 saturated carbocycles. The molecule has 0 aliphatic carbocycles. The molecule has 3 heterocycles. The molecule has 1 saturated heterocycles. The minimum atomic E-state index is -4.55. The summed E-state index contributed by atoms with van der Waals surface area (Å²) in [5, 5.41) is 4.25. The fourth-order valence-corrected chi connectivity index (χ4v) is 4.14. The zero-order valence-corrected chi connectivity index (χ0v) is 16.6. The van der Waals surface area contributed by atoms with E-state index in [1.807, 2.05) is 13.0 Å². The van der Waals surface area contributed by atoms with E-state index in [-0.39, 0.29) is 4.90 Å². The molecule has 3 aromatic rings. The van der Waals surface area contributed by atoms with Gasteiger partial charge in [-0.1, -0.05) is 12.1 Å². The Morgan fingerprint density at radius 3 is 2.45 bits per heavy atom. The first-order chi connectivity index (χ1) is 13.8. The monoisotopic (exact) mass is 422 g/mol. The van der Waals surface area contributed by atoms with Gasteiger partial charge in [0.2, 0.25) is 9.84 Å². The Labute approximate surface area is 166 Å². The molecule has 0 unspecified atom stereocenters. The fraction of sp³-hybridized carbons (Fsp3) is 0.389. The van der Waals surface area contributed by atoms with Crippen LogP contribution >= 0.6 is 0 Å². The Morgan fingerprint density at radius 2 is 1.79 bits per heavy atom. The van der Waals surface area contributed by atoms with E-state index >= 15 is 0 Å². The molecular weight excluding hydrogens is 402 g/mol. The van der Waals surface area contributed by atoms with Crippen LogP contribution in [0, 0.1) is 6.92 Å². The number of hydrogen-bond acceptors (Lipinski definition) is 7. The lowest BCUT2D eigenvalue weighted by molar-refractivity contribution is 0.234. The first-order valence-electron chi connectivity index (χ1n) is 9.10. The molecule has 0 amide bonds. The molecular formula is C18H20F2N6O2S. The van der Waals surface area contributed by atoms with Crippen LogP contribution in [0.25, 0.3) is 5.78 Å². The van der Waals surface area contributed by atoms with E-state index in [0.717, 1.165) is 43.3 Å². The molecule has 0 N–H and O–H groups in total. The number of anilines is 1. The Bertz CT molecular complexity index is 1110. The number of aryl methyl sites for hydroxylation is 1. The summed E-state index contributed by atoms with van der Waals surface area (Å²) < 4.78 is 50.0. The van der Waals surface area contributed by atoms with Gasteiger partial charge in [0.1, 0.15) is 12.1 Å². The van der Waals surface area contributed by atoms with Gasteiger partial charge < -0.3 is 4.90 Å². The van der Waals surface area contributed by atoms with Crippen LogP contribution in [0.1, 0.15) is 11.3 Å². The lowest BCUT2D eigenvalue weighted by Gasteiger charge is -2.36. The number of halogens is 2. The third kappa shape index (κ3) is 3.92. The van der Waals surface area contributed by atoms with Crippen molar-refractivity contribution in [2.75, 3.05) is 31.1 Å². The number of sulfone groups is 1. The SMILES string of the molecule is Cc1cc(N2CCN(Cc3ccc(S(=O)(=O)C(F)F)cc3)CC2)n2ncnc2n1. The van der Waals surface area contributed by atoms with E-state index < -0.39 is 15.6 Å². The summed E-state index contributed by atoms with van der Waals surface area (Å²) in [6, 6.07) is 7.65. The average molecular weight is 422 g/mol. The number of benzene rings is 1. The first-order valence-corrected chi connectivity index (χ1v) is 10.6. The van der Waals surface area contributed by atoms with Gasteiger partial charge in [0.25, 0.3) is 5.78 Å². The molecule has 0 bridgehead atoms. The molecule has 2 aromatic heterocycles. The van der Waals surface area contributed by atoms with E-state index in [1.165, 1.54) is 18.5 Å². The number of alkyl halides is 2. The zero-order valence-electron chi connectivity index (χ0n) is 15.7. The van der Waals surface area contributed by atoms with Crippen molar-refractivity contribution in [1.29, 1.82) is 0 Å². The summed E-state index contributed by atoms with van der Waals surface area (Å²) in [6.07, 6.45) is 1.49. The maximum atomic E-state index is 12.6. The highest BCUT2D eigenvalue weighted by Crippen LogP contribution is 2.21. The summed E-state index contributed by atoms with van der Waals surface area (Å²) in [7, 11) is -4.55. The highest BCUT2D eigenvalue weighted by molar-refractivity contribution is 7.91. The maximum absolute atomic E-state index is 12.6. The van der Waals surface area contributed by atoms with Gasteiger partial charge in [-0.05, 0) is 24.6 Å². The molecule has 11 heteroatoms. The van der Waals surface area contributed by atoms with Gasteiger partial charge >= 0.3 is 5.76 Å². The molecule has 1 aliphatic rings. The van der Waals surface area contributed by atoms with Gasteiger partial charge in [0, 0.05) is 44.5 Å². The van der Waals surface area contributed by atoms with E-state index in [0.29, 0.717) is 12.3 Å². The van der Waals surface area contributed by atoms with Crippen LogP contribution < -0.4 is 4.90 Å². The first kappa shape index (κ1) is 19.6. The number of aromatic nitrogens is 4. The van der Waals surface area contributed by atoms with Crippen LogP contribution in [-0.2, 0) is 16.4 Å². The van der Waals surface area contributed by atoms with Crippen molar-refractivity contribution in [3.63, 3.8) is 0 Å². The minimum absolute atomic E-state index is 0.356. The molecule has 1 fully saturated rings. The molecule has 0 spiro atoms. The van der Waals surface area contributed by atoms with Gasteiger partial charge in [-0.25, -0.2) is 13.4 Å². The van der Waals surface area contributed by atoms with Crippen LogP contribution in [0.5, 0.6) is 0 Å². The molecule has 0 radical (unpaired) electrons. The molecule has 1 aliphatic heterocycles. The summed E-state index contributed by atoms with van der Waals surface area (Å²) in [5.74, 6) is -1.89. The largest absolute Gasteiger partial charge is 0.354 e. The maximum Gasteiger partial charge on any atom is 0.341 e. The van der Waals surface area contributed by atoms with Crippen molar-refractivity contribution >= 4 is 21.4 Å². The quantitative estimate of drug-likeness (QED) is 0.619. The third-order valence-corrected chi connectivity index (χ3v) is 6.35. The fourth-order valence-electron chi connectivity index (χ4n) is 3.42. The molecule has 1 aromatic carbocycles. The number of rotatable bonds is 5. The second-order valence-electron chi connectivity index (χ2n) is 6.94. The van der Waals surface area contributed by atoms with Crippen molar-refractivity contribution in [3.8, 4) is 0 Å². The molecule has 154 valence electrons. The average Bonchev–Trinajstić information content (AvgIpc) is 3.16. The molecule has 0 atom stereocenters. The zero-order chi connectivity index (χ0) is 20.6. The summed E-state index contributed by atoms with van der Waals surface area (Å²) >= 11 is 0. The topological polar surface area (TPSA) is 83.7 Å². The molecule has 29 heavy (non-hydrogen) atoms. The summed E-state index contributed by atoms with van der Waals surface area (Å²) in [4.78, 5) is 12.6. The van der Waals surface area contributed by atoms with Crippen molar-refractivity contribution in [3.05, 3.63) is 47.9 Å². The lowest BCUT2D eigenvalue weighted by Crippen LogP contribution is -2.46. The predicted molar refractivity (Wildman–Crippen MR) is 103 cm³/mol. The van der Waals surface area contributed by atoms with Crippen LogP contribution in [0.15, 0.2) is 41.6 Å². The van der Waals surface area contributed by atoms with Crippen molar-refractivity contribution in [1.82, 2.24) is 24.5 Å². The number of nitrogens with zero attached hydrogens (tertiary/aromatic N) is 6. The minimum Gasteiger partial charge on any atom is -0.354 e. The van der Waals surface area contributed by atoms with Crippen molar-refractivity contribution in [2.45, 2.75) is 24.1 Å². The van der Waals surface area contributed by atoms with E-state index in [9.17, 15) is 17.2 Å². The second kappa shape index (κ2) is 7.64. The lowest BCUT2D eigenvalue weighted by atomic mass is 10.2. The van der Waals surface area contributed by atoms with Crippen LogP contribution in [0.3, 0.4) is 0 Å². The summed E-state index contributed by atoms with van der Waals surface area (Å²) in [6.45, 7) is 5.72. The van der Waals surface area contributed by atoms with Gasteiger partial charge in [-0.15, -0.1) is 0 Å². The van der Waals surface area contributed by atoms with Crippen LogP contribution in [0.4, 0.5) is 14.6 Å². The smallest absolute Gasteiger partial charge is 0.341 e. The highest BCUT2D eigenvalue weighted by atomic mass is 32.2. The number of fused-ring (bicyclic) bond motifs is 1. The van der Waals surface area contributed by atoms with E-state index in [2.05, 4.69) is 24.9 Å². The predicted octanol–water partition coefficient (Wildman–Crippen LogP) is 1.75. The Hall–Kier alpha value is -2.66. The summed E-state index contributed by atoms with van der Waals surface area (Å²) in [5.41, 5.74) is 1.76. The van der Waals surface area contributed by atoms with Crippen LogP contribution in [0.2, 0.25) is 0 Å². The number of piperazine rings is 1. The standard InChI is InChI=1S/C18H20F2N6O2S/c1-13-10-16(26-18(23-13)21-12-22-26)25-8-6-24(7-9-25)11-14-2-4-15(5-3-14)29(27,28)17(19)20/h2-5,10,12,17H,6-9,11H2,1H3. The normalized spacial score (nSPS) is 16.1. The van der Waals surface area contributed by atoms with E-state index in [4.69, 9.17) is 0 Å². The van der Waals surface area contributed by atoms with Gasteiger partial charge in [-0.3, -0.25) is 4.90 Å².